The molecular weight excluding hydrogens is 226 g/mol. The van der Waals surface area contributed by atoms with Crippen molar-refractivity contribution in [1.82, 2.24) is 9.97 Å². The third kappa shape index (κ3) is 2.56. The van der Waals surface area contributed by atoms with Crippen molar-refractivity contribution in [2.24, 2.45) is 5.73 Å². The van der Waals surface area contributed by atoms with E-state index in [1.54, 1.807) is 12.4 Å². The Bertz CT molecular complexity index is 441. The van der Waals surface area contributed by atoms with Gasteiger partial charge < -0.3 is 5.73 Å². The van der Waals surface area contributed by atoms with Crippen LogP contribution >= 0.6 is 0 Å². The fourth-order valence-corrected chi connectivity index (χ4v) is 3.40. The van der Waals surface area contributed by atoms with Crippen LogP contribution in [0.5, 0.6) is 0 Å². The molecule has 0 aliphatic carbocycles. The minimum absolute atomic E-state index is 0.273. The van der Waals surface area contributed by atoms with Gasteiger partial charge in [0, 0.05) is 12.4 Å². The van der Waals surface area contributed by atoms with Gasteiger partial charge in [-0.15, -0.1) is 0 Å². The Morgan fingerprint density at radius 2 is 1.81 bits per heavy atom. The topological polar surface area (TPSA) is 85.9 Å². The van der Waals surface area contributed by atoms with Crippen LogP contribution in [0.3, 0.4) is 0 Å². The zero-order chi connectivity index (χ0) is 11.6. The highest BCUT2D eigenvalue weighted by molar-refractivity contribution is 7.91. The molecule has 0 unspecified atom stereocenters. The van der Waals surface area contributed by atoms with Gasteiger partial charge in [0.2, 0.25) is 0 Å². The van der Waals surface area contributed by atoms with Crippen LogP contribution in [-0.2, 0) is 16.4 Å². The quantitative estimate of drug-likeness (QED) is 0.801. The van der Waals surface area contributed by atoms with Gasteiger partial charge in [0.05, 0.1) is 18.1 Å². The fourth-order valence-electron chi connectivity index (χ4n) is 1.90. The maximum atomic E-state index is 11.3. The van der Waals surface area contributed by atoms with E-state index >= 15 is 0 Å². The SMILES string of the molecule is NCc1ncc(C2CCS(=O)(=O)CC2)cn1. The third-order valence-electron chi connectivity index (χ3n) is 2.93. The van der Waals surface area contributed by atoms with Crippen LogP contribution in [-0.4, -0.2) is 29.9 Å². The van der Waals surface area contributed by atoms with Crippen molar-refractivity contribution in [2.75, 3.05) is 11.5 Å². The number of hydrogen-bond donors (Lipinski definition) is 1. The Balaban J connectivity index is 2.08. The summed E-state index contributed by atoms with van der Waals surface area (Å²) >= 11 is 0. The molecule has 2 heterocycles. The molecule has 1 aromatic rings. The average Bonchev–Trinajstić information content (AvgIpc) is 2.29. The summed E-state index contributed by atoms with van der Waals surface area (Å²) in [6, 6.07) is 0. The van der Waals surface area contributed by atoms with E-state index in [0.717, 1.165) is 5.56 Å². The molecule has 5 nitrogen and oxygen atoms in total. The Morgan fingerprint density at radius 3 is 2.31 bits per heavy atom. The van der Waals surface area contributed by atoms with Crippen molar-refractivity contribution in [1.29, 1.82) is 0 Å². The van der Waals surface area contributed by atoms with Crippen molar-refractivity contribution < 1.29 is 8.42 Å². The largest absolute Gasteiger partial charge is 0.324 e. The minimum atomic E-state index is -2.80. The Labute approximate surface area is 95.0 Å². The third-order valence-corrected chi connectivity index (χ3v) is 4.65. The van der Waals surface area contributed by atoms with Crippen LogP contribution in [0.4, 0.5) is 0 Å². The number of sulfone groups is 1. The fraction of sp³-hybridized carbons (Fsp3) is 0.600. The average molecular weight is 241 g/mol. The molecule has 1 aromatic heterocycles. The van der Waals surface area contributed by atoms with Gasteiger partial charge in [-0.25, -0.2) is 18.4 Å². The van der Waals surface area contributed by atoms with Gasteiger partial charge in [0.25, 0.3) is 0 Å². The first kappa shape index (κ1) is 11.5. The molecule has 2 rings (SSSR count). The molecule has 1 fully saturated rings. The second-order valence-electron chi connectivity index (χ2n) is 4.06. The lowest BCUT2D eigenvalue weighted by Gasteiger charge is -2.21. The van der Waals surface area contributed by atoms with E-state index in [0.29, 0.717) is 25.2 Å². The monoisotopic (exact) mass is 241 g/mol. The van der Waals surface area contributed by atoms with E-state index in [4.69, 9.17) is 5.73 Å². The van der Waals surface area contributed by atoms with Crippen LogP contribution in [0, 0.1) is 0 Å². The van der Waals surface area contributed by atoms with Crippen LogP contribution in [0.1, 0.15) is 30.1 Å². The summed E-state index contributed by atoms with van der Waals surface area (Å²) < 4.78 is 22.6. The molecule has 1 saturated heterocycles. The highest BCUT2D eigenvalue weighted by Crippen LogP contribution is 2.27. The lowest BCUT2D eigenvalue weighted by atomic mass is 9.96. The number of rotatable bonds is 2. The van der Waals surface area contributed by atoms with Gasteiger partial charge in [0.15, 0.2) is 0 Å². The van der Waals surface area contributed by atoms with Crippen molar-refractivity contribution in [3.8, 4) is 0 Å². The van der Waals surface area contributed by atoms with Gasteiger partial charge in [-0.2, -0.15) is 0 Å². The highest BCUT2D eigenvalue weighted by Gasteiger charge is 2.24. The molecule has 1 aliphatic heterocycles. The molecule has 0 amide bonds. The number of nitrogens with two attached hydrogens (primary N) is 1. The molecule has 0 saturated carbocycles. The van der Waals surface area contributed by atoms with E-state index in [1.165, 1.54) is 0 Å². The molecule has 88 valence electrons. The van der Waals surface area contributed by atoms with Crippen LogP contribution in [0.25, 0.3) is 0 Å². The lowest BCUT2D eigenvalue weighted by molar-refractivity contribution is 0.548. The maximum absolute atomic E-state index is 11.3. The van der Waals surface area contributed by atoms with Crippen molar-refractivity contribution >= 4 is 9.84 Å². The lowest BCUT2D eigenvalue weighted by Crippen LogP contribution is -2.22. The van der Waals surface area contributed by atoms with Crippen molar-refractivity contribution in [2.45, 2.75) is 25.3 Å². The summed E-state index contributed by atoms with van der Waals surface area (Å²) in [7, 11) is -2.80. The van der Waals surface area contributed by atoms with Gasteiger partial charge in [-0.05, 0) is 24.3 Å². The first-order chi connectivity index (χ1) is 7.61. The van der Waals surface area contributed by atoms with Crippen molar-refractivity contribution in [3.63, 3.8) is 0 Å². The molecule has 0 bridgehead atoms. The molecule has 0 spiro atoms. The van der Waals surface area contributed by atoms with E-state index in [9.17, 15) is 8.42 Å². The molecule has 6 heteroatoms. The second kappa shape index (κ2) is 4.47. The predicted molar refractivity (Wildman–Crippen MR) is 60.6 cm³/mol. The standard InChI is InChI=1S/C10H15N3O2S/c11-5-10-12-6-9(7-13-10)8-1-3-16(14,15)4-2-8/h6-8H,1-5,11H2. The Hall–Kier alpha value is -1.01. The zero-order valence-corrected chi connectivity index (χ0v) is 9.78. The highest BCUT2D eigenvalue weighted by atomic mass is 32.2. The van der Waals surface area contributed by atoms with E-state index < -0.39 is 9.84 Å². The summed E-state index contributed by atoms with van der Waals surface area (Å²) in [6.45, 7) is 0.333. The Morgan fingerprint density at radius 1 is 1.25 bits per heavy atom. The summed E-state index contributed by atoms with van der Waals surface area (Å²) in [5, 5.41) is 0. The van der Waals surface area contributed by atoms with Crippen LogP contribution < -0.4 is 5.73 Å². The van der Waals surface area contributed by atoms with E-state index in [2.05, 4.69) is 9.97 Å². The van der Waals surface area contributed by atoms with E-state index in [-0.39, 0.29) is 17.4 Å². The number of hydrogen-bond acceptors (Lipinski definition) is 5. The van der Waals surface area contributed by atoms with Crippen molar-refractivity contribution in [3.05, 3.63) is 23.8 Å². The predicted octanol–water partition coefficient (Wildman–Crippen LogP) is 0.227. The second-order valence-corrected chi connectivity index (χ2v) is 6.37. The van der Waals surface area contributed by atoms with Crippen LogP contribution in [0.2, 0.25) is 0 Å². The molecule has 2 N–H and O–H groups in total. The molecule has 0 aromatic carbocycles. The van der Waals surface area contributed by atoms with Gasteiger partial charge >= 0.3 is 0 Å². The minimum Gasteiger partial charge on any atom is -0.324 e. The van der Waals surface area contributed by atoms with Gasteiger partial charge in [0.1, 0.15) is 15.7 Å². The number of aromatic nitrogens is 2. The number of nitrogens with zero attached hydrogens (tertiary/aromatic N) is 2. The summed E-state index contributed by atoms with van der Waals surface area (Å²) in [6.07, 6.45) is 4.87. The molecule has 1 aliphatic rings. The van der Waals surface area contributed by atoms with Gasteiger partial charge in [-0.3, -0.25) is 0 Å². The van der Waals surface area contributed by atoms with Crippen LogP contribution in [0.15, 0.2) is 12.4 Å². The molecule has 0 atom stereocenters. The maximum Gasteiger partial charge on any atom is 0.150 e. The summed E-state index contributed by atoms with van der Waals surface area (Å²) in [5.74, 6) is 1.44. The summed E-state index contributed by atoms with van der Waals surface area (Å²) in [5.41, 5.74) is 6.43. The first-order valence-electron chi connectivity index (χ1n) is 5.32. The first-order valence-corrected chi connectivity index (χ1v) is 7.14. The van der Waals surface area contributed by atoms with E-state index in [1.807, 2.05) is 0 Å². The molecular formula is C10H15N3O2S. The normalized spacial score (nSPS) is 20.8. The van der Waals surface area contributed by atoms with Gasteiger partial charge in [-0.1, -0.05) is 0 Å². The molecule has 0 radical (unpaired) electrons. The molecule has 16 heavy (non-hydrogen) atoms. The summed E-state index contributed by atoms with van der Waals surface area (Å²) in [4.78, 5) is 8.25. The Kier molecular flexibility index (Phi) is 3.20. The zero-order valence-electron chi connectivity index (χ0n) is 8.96. The smallest absolute Gasteiger partial charge is 0.150 e.